The predicted molar refractivity (Wildman–Crippen MR) is 66.5 cm³/mol. The Morgan fingerprint density at radius 2 is 1.89 bits per heavy atom. The van der Waals surface area contributed by atoms with E-state index in [0.717, 1.165) is 18.2 Å². The van der Waals surface area contributed by atoms with Gasteiger partial charge in [-0.15, -0.1) is 0 Å². The number of allylic oxidation sites excluding steroid dienone is 1. The normalized spacial score (nSPS) is 12.9. The molecule has 1 aromatic carbocycles. The van der Waals surface area contributed by atoms with Gasteiger partial charge in [-0.1, -0.05) is 29.3 Å². The van der Waals surface area contributed by atoms with Gasteiger partial charge in [0.05, 0.1) is 10.0 Å². The van der Waals surface area contributed by atoms with Crippen molar-refractivity contribution in [1.29, 1.82) is 0 Å². The van der Waals surface area contributed by atoms with Gasteiger partial charge < -0.3 is 16.3 Å². The lowest BCUT2D eigenvalue weighted by Crippen LogP contribution is -2.35. The third-order valence-corrected chi connectivity index (χ3v) is 2.99. The van der Waals surface area contributed by atoms with Crippen LogP contribution in [0, 0.1) is 0 Å². The van der Waals surface area contributed by atoms with Gasteiger partial charge in [-0.2, -0.15) is 8.78 Å². The molecule has 0 atom stereocenters. The van der Waals surface area contributed by atoms with Crippen molar-refractivity contribution >= 4 is 29.2 Å². The first kappa shape index (κ1) is 15.5. The molecule has 0 spiro atoms. The van der Waals surface area contributed by atoms with E-state index in [1.54, 1.807) is 5.43 Å². The van der Waals surface area contributed by atoms with Crippen molar-refractivity contribution in [1.82, 2.24) is 5.43 Å². The first-order chi connectivity index (χ1) is 8.71. The fraction of sp³-hybridized carbons (Fsp3) is 0.100. The number of benzene rings is 1. The number of hydrogen-bond donors (Lipinski definition) is 4. The molecule has 0 saturated carbocycles. The number of halogens is 4. The zero-order valence-electron chi connectivity index (χ0n) is 9.25. The quantitative estimate of drug-likeness (QED) is 0.386. The highest BCUT2D eigenvalue weighted by molar-refractivity contribution is 6.42. The van der Waals surface area contributed by atoms with E-state index >= 15 is 0 Å². The number of carbonyl (C=O) groups is 1. The number of rotatable bonds is 4. The van der Waals surface area contributed by atoms with Gasteiger partial charge in [0.15, 0.2) is 5.70 Å². The Hall–Kier alpha value is -1.57. The second-order valence-corrected chi connectivity index (χ2v) is 4.26. The van der Waals surface area contributed by atoms with E-state index in [9.17, 15) is 13.6 Å². The molecule has 6 N–H and O–H groups in total. The van der Waals surface area contributed by atoms with Crippen molar-refractivity contribution in [2.45, 2.75) is 5.92 Å². The van der Waals surface area contributed by atoms with E-state index < -0.39 is 28.8 Å². The summed E-state index contributed by atoms with van der Waals surface area (Å²) in [5.74, 6) is -0.624. The van der Waals surface area contributed by atoms with Gasteiger partial charge in [0.1, 0.15) is 5.70 Å². The summed E-state index contributed by atoms with van der Waals surface area (Å²) in [7, 11) is 0. The molecule has 5 nitrogen and oxygen atoms in total. The van der Waals surface area contributed by atoms with E-state index in [2.05, 4.69) is 0 Å². The van der Waals surface area contributed by atoms with Crippen LogP contribution in [0.3, 0.4) is 0 Å². The standard InChI is InChI=1S/C10H9Cl2F2N3O2/c11-5-2-1-4(3-6(5)12)10(13,14)8(15)7(17-16)9(18)19/h1-3,17H,15-16H2,(H,18,19)/b8-7-. The van der Waals surface area contributed by atoms with Gasteiger partial charge in [0.25, 0.3) is 0 Å². The molecule has 0 amide bonds. The summed E-state index contributed by atoms with van der Waals surface area (Å²) in [5.41, 5.74) is 3.93. The molecule has 0 heterocycles. The average Bonchev–Trinajstić information content (AvgIpc) is 2.32. The Labute approximate surface area is 116 Å². The Morgan fingerprint density at radius 3 is 2.32 bits per heavy atom. The van der Waals surface area contributed by atoms with Gasteiger partial charge in [-0.25, -0.2) is 4.79 Å². The van der Waals surface area contributed by atoms with Crippen LogP contribution in [-0.4, -0.2) is 11.1 Å². The number of carboxylic acid groups (broad SMARTS) is 1. The highest BCUT2D eigenvalue weighted by Gasteiger charge is 2.39. The molecule has 0 fully saturated rings. The van der Waals surface area contributed by atoms with Crippen LogP contribution in [0.15, 0.2) is 29.6 Å². The molecule has 0 unspecified atom stereocenters. The van der Waals surface area contributed by atoms with E-state index in [4.69, 9.17) is 39.9 Å². The van der Waals surface area contributed by atoms with Crippen molar-refractivity contribution < 1.29 is 18.7 Å². The molecule has 0 radical (unpaired) electrons. The number of hydrogen-bond acceptors (Lipinski definition) is 4. The first-order valence-electron chi connectivity index (χ1n) is 4.75. The van der Waals surface area contributed by atoms with Crippen LogP contribution in [0.2, 0.25) is 10.0 Å². The second kappa shape index (κ2) is 5.60. The fourth-order valence-corrected chi connectivity index (χ4v) is 1.56. The summed E-state index contributed by atoms with van der Waals surface area (Å²) in [6.07, 6.45) is 0. The van der Waals surface area contributed by atoms with Crippen LogP contribution in [0.1, 0.15) is 5.56 Å². The smallest absolute Gasteiger partial charge is 0.355 e. The largest absolute Gasteiger partial charge is 0.476 e. The molecule has 0 aliphatic carbocycles. The van der Waals surface area contributed by atoms with E-state index in [1.165, 1.54) is 0 Å². The minimum atomic E-state index is -3.77. The lowest BCUT2D eigenvalue weighted by molar-refractivity contribution is -0.133. The third kappa shape index (κ3) is 3.06. The summed E-state index contributed by atoms with van der Waals surface area (Å²) in [5, 5.41) is 8.67. The number of hydrazine groups is 1. The predicted octanol–water partition coefficient (Wildman–Crippen LogP) is 1.80. The number of nitrogens with two attached hydrogens (primary N) is 2. The van der Waals surface area contributed by atoms with Gasteiger partial charge in [-0.05, 0) is 12.1 Å². The first-order valence-corrected chi connectivity index (χ1v) is 5.50. The molecule has 0 saturated heterocycles. The van der Waals surface area contributed by atoms with Crippen LogP contribution in [0.25, 0.3) is 0 Å². The highest BCUT2D eigenvalue weighted by Crippen LogP contribution is 2.37. The lowest BCUT2D eigenvalue weighted by atomic mass is 10.0. The maximum atomic E-state index is 14.0. The van der Waals surface area contributed by atoms with E-state index in [-0.39, 0.29) is 10.0 Å². The molecule has 1 aromatic rings. The van der Waals surface area contributed by atoms with Crippen molar-refractivity contribution in [3.05, 3.63) is 45.2 Å². The average molecular weight is 312 g/mol. The molecule has 1 rings (SSSR count). The maximum absolute atomic E-state index is 14.0. The molecule has 9 heteroatoms. The Bertz CT molecular complexity index is 550. The molecule has 0 aliphatic heterocycles. The summed E-state index contributed by atoms with van der Waals surface area (Å²) in [6, 6.07) is 3.03. The molecular weight excluding hydrogens is 303 g/mol. The number of nitrogens with one attached hydrogen (secondary N) is 1. The Morgan fingerprint density at radius 1 is 1.32 bits per heavy atom. The zero-order chi connectivity index (χ0) is 14.8. The number of aliphatic carboxylic acids is 1. The van der Waals surface area contributed by atoms with Crippen LogP contribution in [0.4, 0.5) is 8.78 Å². The summed E-state index contributed by atoms with van der Waals surface area (Å²) in [4.78, 5) is 10.7. The van der Waals surface area contributed by atoms with Crippen molar-refractivity contribution in [3.8, 4) is 0 Å². The second-order valence-electron chi connectivity index (χ2n) is 3.44. The van der Waals surface area contributed by atoms with Crippen molar-refractivity contribution in [2.75, 3.05) is 0 Å². The minimum absolute atomic E-state index is 0.0826. The van der Waals surface area contributed by atoms with Crippen LogP contribution >= 0.6 is 23.2 Å². The lowest BCUT2D eigenvalue weighted by Gasteiger charge is -2.19. The highest BCUT2D eigenvalue weighted by atomic mass is 35.5. The Kier molecular flexibility index (Phi) is 4.56. The number of alkyl halides is 2. The van der Waals surface area contributed by atoms with Gasteiger partial charge in [0, 0.05) is 5.56 Å². The van der Waals surface area contributed by atoms with Crippen molar-refractivity contribution in [3.63, 3.8) is 0 Å². The van der Waals surface area contributed by atoms with Crippen LogP contribution in [0.5, 0.6) is 0 Å². The van der Waals surface area contributed by atoms with E-state index in [1.807, 2.05) is 0 Å². The molecule has 0 aliphatic rings. The van der Waals surface area contributed by atoms with Gasteiger partial charge in [-0.3, -0.25) is 5.84 Å². The monoisotopic (exact) mass is 311 g/mol. The van der Waals surface area contributed by atoms with Gasteiger partial charge >= 0.3 is 11.9 Å². The molecule has 0 aromatic heterocycles. The summed E-state index contributed by atoms with van der Waals surface area (Å²) >= 11 is 11.2. The summed E-state index contributed by atoms with van der Waals surface area (Å²) < 4.78 is 28.0. The Balaban J connectivity index is 3.37. The molecule has 19 heavy (non-hydrogen) atoms. The SMILES string of the molecule is NN/C(C(=O)O)=C(\N)C(F)(F)c1ccc(Cl)c(Cl)c1. The maximum Gasteiger partial charge on any atom is 0.355 e. The van der Waals surface area contributed by atoms with Gasteiger partial charge in [0.2, 0.25) is 0 Å². The topological polar surface area (TPSA) is 101 Å². The zero-order valence-corrected chi connectivity index (χ0v) is 10.8. The third-order valence-electron chi connectivity index (χ3n) is 2.25. The van der Waals surface area contributed by atoms with Crippen LogP contribution < -0.4 is 17.0 Å². The molecule has 0 bridgehead atoms. The fourth-order valence-electron chi connectivity index (χ4n) is 1.26. The molecular formula is C10H9Cl2F2N3O2. The van der Waals surface area contributed by atoms with E-state index in [0.29, 0.717) is 0 Å². The van der Waals surface area contributed by atoms with Crippen LogP contribution in [-0.2, 0) is 10.7 Å². The van der Waals surface area contributed by atoms with Crippen molar-refractivity contribution in [2.24, 2.45) is 11.6 Å². The number of carboxylic acids is 1. The summed E-state index contributed by atoms with van der Waals surface area (Å²) in [6.45, 7) is 0. The molecule has 104 valence electrons. The minimum Gasteiger partial charge on any atom is -0.476 e.